The van der Waals surface area contributed by atoms with Gasteiger partial charge in [0.1, 0.15) is 11.5 Å². The normalized spacial score (nSPS) is 10.8. The molecule has 5 rings (SSSR count). The van der Waals surface area contributed by atoms with Crippen LogP contribution >= 0.6 is 0 Å². The second-order valence-electron chi connectivity index (χ2n) is 7.26. The molecule has 0 unspecified atom stereocenters. The molecular weight excluding hydrogens is 420 g/mol. The van der Waals surface area contributed by atoms with E-state index in [1.165, 1.54) is 0 Å². The van der Waals surface area contributed by atoms with Gasteiger partial charge in [-0.3, -0.25) is 9.59 Å². The average molecular weight is 438 g/mol. The monoisotopic (exact) mass is 438 g/mol. The number of carbonyl (C=O) groups is 2. The minimum atomic E-state index is -0.499. The van der Waals surface area contributed by atoms with E-state index in [0.717, 1.165) is 11.0 Å². The Kier molecular flexibility index (Phi) is 5.08. The van der Waals surface area contributed by atoms with Crippen LogP contribution in [0.3, 0.4) is 0 Å². The van der Waals surface area contributed by atoms with Crippen LogP contribution in [-0.2, 0) is 0 Å². The highest BCUT2D eigenvalue weighted by Gasteiger charge is 2.11. The van der Waals surface area contributed by atoms with Crippen molar-refractivity contribution in [3.8, 4) is 23.1 Å². The van der Waals surface area contributed by atoms with Gasteiger partial charge < -0.3 is 25.2 Å². The molecule has 0 atom stereocenters. The third-order valence-corrected chi connectivity index (χ3v) is 4.99. The van der Waals surface area contributed by atoms with Gasteiger partial charge >= 0.3 is 0 Å². The highest BCUT2D eigenvalue weighted by molar-refractivity contribution is 6.05. The number of nitrogens with two attached hydrogens (primary N) is 1. The Balaban J connectivity index is 1.26. The van der Waals surface area contributed by atoms with Gasteiger partial charge in [0.05, 0.1) is 17.3 Å². The molecule has 2 amide bonds. The van der Waals surface area contributed by atoms with Gasteiger partial charge in [-0.1, -0.05) is 0 Å². The number of imidazole rings is 1. The number of furan rings is 1. The van der Waals surface area contributed by atoms with Crippen molar-refractivity contribution in [1.29, 1.82) is 0 Å². The van der Waals surface area contributed by atoms with Crippen LogP contribution in [0, 0.1) is 0 Å². The fourth-order valence-electron chi connectivity index (χ4n) is 3.32. The largest absolute Gasteiger partial charge is 0.461 e. The van der Waals surface area contributed by atoms with Crippen molar-refractivity contribution >= 4 is 28.5 Å². The number of H-pyrrole nitrogens is 1. The molecule has 5 aromatic rings. The second kappa shape index (κ2) is 8.35. The molecule has 33 heavy (non-hydrogen) atoms. The Morgan fingerprint density at radius 1 is 0.909 bits per heavy atom. The summed E-state index contributed by atoms with van der Waals surface area (Å²) in [6, 6.07) is 22.3. The number of nitrogens with zero attached hydrogens (tertiary/aromatic N) is 1. The molecule has 0 aliphatic carbocycles. The standard InChI is InChI=1S/C25H18N4O4/c26-23(30)15-3-8-18(9-4-15)33-19-10-5-16(6-11-19)25(31)27-17-7-12-20-21(14-17)29-24(28-20)22-2-1-13-32-22/h1-14H,(H2,26,30)(H,27,31)(H,28,29). The van der Waals surface area contributed by atoms with Crippen molar-refractivity contribution in [2.24, 2.45) is 5.73 Å². The average Bonchev–Trinajstić information content (AvgIpc) is 3.49. The number of anilines is 1. The summed E-state index contributed by atoms with van der Waals surface area (Å²) in [6.45, 7) is 0. The van der Waals surface area contributed by atoms with Crippen molar-refractivity contribution in [2.75, 3.05) is 5.32 Å². The Morgan fingerprint density at radius 3 is 2.24 bits per heavy atom. The minimum absolute atomic E-state index is 0.252. The van der Waals surface area contributed by atoms with Crippen molar-refractivity contribution in [3.63, 3.8) is 0 Å². The fourth-order valence-corrected chi connectivity index (χ4v) is 3.32. The van der Waals surface area contributed by atoms with E-state index in [-0.39, 0.29) is 5.91 Å². The Bertz CT molecular complexity index is 1440. The lowest BCUT2D eigenvalue weighted by atomic mass is 10.2. The van der Waals surface area contributed by atoms with Crippen molar-refractivity contribution < 1.29 is 18.7 Å². The zero-order chi connectivity index (χ0) is 22.8. The number of rotatable bonds is 6. The number of amides is 2. The number of nitrogens with one attached hydrogen (secondary N) is 2. The lowest BCUT2D eigenvalue weighted by Crippen LogP contribution is -2.11. The number of fused-ring (bicyclic) bond motifs is 1. The first-order valence-electron chi connectivity index (χ1n) is 10.1. The van der Waals surface area contributed by atoms with E-state index in [0.29, 0.717) is 39.9 Å². The highest BCUT2D eigenvalue weighted by atomic mass is 16.5. The number of primary amides is 1. The van der Waals surface area contributed by atoms with Gasteiger partial charge in [-0.2, -0.15) is 0 Å². The Hall–Kier alpha value is -4.85. The Labute approximate surface area is 188 Å². The molecule has 2 heterocycles. The summed E-state index contributed by atoms with van der Waals surface area (Å²) in [5, 5.41) is 2.89. The third kappa shape index (κ3) is 4.31. The first kappa shape index (κ1) is 20.1. The topological polar surface area (TPSA) is 123 Å². The van der Waals surface area contributed by atoms with Crippen molar-refractivity contribution in [2.45, 2.75) is 0 Å². The molecule has 8 nitrogen and oxygen atoms in total. The molecule has 0 bridgehead atoms. The number of hydrogen-bond acceptors (Lipinski definition) is 5. The van der Waals surface area contributed by atoms with Gasteiger partial charge in [0.2, 0.25) is 5.91 Å². The maximum Gasteiger partial charge on any atom is 0.255 e. The van der Waals surface area contributed by atoms with Gasteiger partial charge in [0.25, 0.3) is 5.91 Å². The predicted molar refractivity (Wildman–Crippen MR) is 123 cm³/mol. The number of ether oxygens (including phenoxy) is 1. The van der Waals surface area contributed by atoms with Crippen LogP contribution in [0.5, 0.6) is 11.5 Å². The van der Waals surface area contributed by atoms with E-state index < -0.39 is 5.91 Å². The van der Waals surface area contributed by atoms with Crippen molar-refractivity contribution in [1.82, 2.24) is 9.97 Å². The third-order valence-electron chi connectivity index (χ3n) is 4.99. The summed E-state index contributed by atoms with van der Waals surface area (Å²) < 4.78 is 11.1. The van der Waals surface area contributed by atoms with E-state index in [1.54, 1.807) is 66.9 Å². The van der Waals surface area contributed by atoms with Crippen LogP contribution in [0.15, 0.2) is 89.5 Å². The molecule has 0 aliphatic rings. The van der Waals surface area contributed by atoms with Gasteiger partial charge in [-0.25, -0.2) is 4.98 Å². The molecule has 0 aliphatic heterocycles. The summed E-state index contributed by atoms with van der Waals surface area (Å²) in [6.07, 6.45) is 1.59. The van der Waals surface area contributed by atoms with E-state index in [2.05, 4.69) is 15.3 Å². The van der Waals surface area contributed by atoms with E-state index in [4.69, 9.17) is 14.9 Å². The van der Waals surface area contributed by atoms with Crippen LogP contribution in [0.1, 0.15) is 20.7 Å². The zero-order valence-corrected chi connectivity index (χ0v) is 17.2. The number of aromatic nitrogens is 2. The molecule has 0 saturated carbocycles. The summed E-state index contributed by atoms with van der Waals surface area (Å²) in [5.41, 5.74) is 8.31. The van der Waals surface area contributed by atoms with Gasteiger partial charge in [-0.15, -0.1) is 0 Å². The van der Waals surface area contributed by atoms with E-state index in [1.807, 2.05) is 18.2 Å². The molecule has 0 fully saturated rings. The summed E-state index contributed by atoms with van der Waals surface area (Å²) in [5.74, 6) is 1.63. The van der Waals surface area contributed by atoms with E-state index in [9.17, 15) is 9.59 Å². The van der Waals surface area contributed by atoms with Crippen LogP contribution in [0.4, 0.5) is 5.69 Å². The van der Waals surface area contributed by atoms with Gasteiger partial charge in [0, 0.05) is 16.8 Å². The molecule has 0 radical (unpaired) electrons. The SMILES string of the molecule is NC(=O)c1ccc(Oc2ccc(C(=O)Nc3ccc4nc(-c5ccco5)[nH]c4c3)cc2)cc1. The molecule has 2 aromatic heterocycles. The van der Waals surface area contributed by atoms with Gasteiger partial charge in [-0.05, 0) is 78.9 Å². The molecule has 0 spiro atoms. The maximum atomic E-state index is 12.7. The maximum absolute atomic E-state index is 12.7. The summed E-state index contributed by atoms with van der Waals surface area (Å²) in [7, 11) is 0. The van der Waals surface area contributed by atoms with Crippen LogP contribution in [-0.4, -0.2) is 21.8 Å². The second-order valence-corrected chi connectivity index (χ2v) is 7.26. The molecule has 162 valence electrons. The molecule has 8 heteroatoms. The number of carbonyl (C=O) groups excluding carboxylic acids is 2. The molecule has 3 aromatic carbocycles. The number of benzene rings is 3. The van der Waals surface area contributed by atoms with E-state index >= 15 is 0 Å². The van der Waals surface area contributed by atoms with Crippen LogP contribution < -0.4 is 15.8 Å². The minimum Gasteiger partial charge on any atom is -0.461 e. The van der Waals surface area contributed by atoms with Crippen LogP contribution in [0.25, 0.3) is 22.6 Å². The number of hydrogen-bond donors (Lipinski definition) is 3. The molecular formula is C25H18N4O4. The zero-order valence-electron chi connectivity index (χ0n) is 17.2. The molecule has 4 N–H and O–H groups in total. The highest BCUT2D eigenvalue weighted by Crippen LogP contribution is 2.25. The van der Waals surface area contributed by atoms with Crippen LogP contribution in [0.2, 0.25) is 0 Å². The lowest BCUT2D eigenvalue weighted by molar-refractivity contribution is 0.0997. The van der Waals surface area contributed by atoms with Crippen molar-refractivity contribution in [3.05, 3.63) is 96.3 Å². The number of aromatic amines is 1. The quantitative estimate of drug-likeness (QED) is 0.345. The summed E-state index contributed by atoms with van der Waals surface area (Å²) >= 11 is 0. The smallest absolute Gasteiger partial charge is 0.255 e. The fraction of sp³-hybridized carbons (Fsp3) is 0. The molecule has 0 saturated heterocycles. The first-order valence-corrected chi connectivity index (χ1v) is 10.1. The predicted octanol–water partition coefficient (Wildman–Crippen LogP) is 4.97. The lowest BCUT2D eigenvalue weighted by Gasteiger charge is -2.08. The Morgan fingerprint density at radius 2 is 1.61 bits per heavy atom. The summed E-state index contributed by atoms with van der Waals surface area (Å²) in [4.78, 5) is 31.5. The first-order chi connectivity index (χ1) is 16.0. The van der Waals surface area contributed by atoms with Gasteiger partial charge in [0.15, 0.2) is 11.6 Å².